The maximum Gasteiger partial charge on any atom is 0.410 e. The molecular weight excluding hydrogens is 292 g/mol. The normalized spacial score (nSPS) is 20.1. The second-order valence-electron chi connectivity index (χ2n) is 6.59. The number of ether oxygens (including phenoxy) is 1. The van der Waals surface area contributed by atoms with Gasteiger partial charge in [-0.2, -0.15) is 0 Å². The van der Waals surface area contributed by atoms with Crippen LogP contribution in [0.2, 0.25) is 0 Å². The molecule has 1 aromatic rings. The summed E-state index contributed by atoms with van der Waals surface area (Å²) in [5, 5.41) is 10.3. The third-order valence-electron chi connectivity index (χ3n) is 3.60. The van der Waals surface area contributed by atoms with E-state index < -0.39 is 29.4 Å². The largest absolute Gasteiger partial charge is 0.444 e. The van der Waals surface area contributed by atoms with Gasteiger partial charge in [-0.3, -0.25) is 0 Å². The van der Waals surface area contributed by atoms with E-state index in [1.165, 1.54) is 4.90 Å². The van der Waals surface area contributed by atoms with Crippen molar-refractivity contribution in [2.75, 3.05) is 13.1 Å². The first-order valence-corrected chi connectivity index (χ1v) is 7.28. The average molecular weight is 313 g/mol. The number of halogens is 2. The van der Waals surface area contributed by atoms with Crippen molar-refractivity contribution in [3.05, 3.63) is 35.4 Å². The molecule has 6 heteroatoms. The molecule has 1 saturated heterocycles. The number of likely N-dealkylation sites (tertiary alicyclic amines) is 1. The molecule has 0 radical (unpaired) electrons. The van der Waals surface area contributed by atoms with Crippen LogP contribution in [-0.4, -0.2) is 34.8 Å². The van der Waals surface area contributed by atoms with Crippen molar-refractivity contribution in [2.24, 2.45) is 5.92 Å². The van der Waals surface area contributed by atoms with E-state index in [0.717, 1.165) is 18.2 Å². The summed E-state index contributed by atoms with van der Waals surface area (Å²) in [5.41, 5.74) is -0.668. The fraction of sp³-hybridized carbons (Fsp3) is 0.562. The van der Waals surface area contributed by atoms with Crippen LogP contribution in [0.1, 0.15) is 38.9 Å². The number of aliphatic hydroxyl groups excluding tert-OH is 1. The summed E-state index contributed by atoms with van der Waals surface area (Å²) in [6.07, 6.45) is -1.10. The van der Waals surface area contributed by atoms with Gasteiger partial charge in [0.15, 0.2) is 0 Å². The third-order valence-corrected chi connectivity index (χ3v) is 3.60. The van der Waals surface area contributed by atoms with Crippen LogP contribution in [0.3, 0.4) is 0 Å². The molecule has 0 aromatic heterocycles. The van der Waals surface area contributed by atoms with Crippen LogP contribution in [0.25, 0.3) is 0 Å². The molecule has 1 aliphatic heterocycles. The highest BCUT2D eigenvalue weighted by Gasteiger charge is 2.34. The lowest BCUT2D eigenvalue weighted by Gasteiger charge is -2.25. The Morgan fingerprint density at radius 2 is 2.09 bits per heavy atom. The fourth-order valence-electron chi connectivity index (χ4n) is 2.53. The predicted octanol–water partition coefficient (Wildman–Crippen LogP) is 3.26. The molecule has 1 N–H and O–H groups in total. The first kappa shape index (κ1) is 16.7. The summed E-state index contributed by atoms with van der Waals surface area (Å²) in [4.78, 5) is 13.5. The maximum atomic E-state index is 13.7. The Labute approximate surface area is 128 Å². The quantitative estimate of drug-likeness (QED) is 0.912. The van der Waals surface area contributed by atoms with Gasteiger partial charge in [-0.1, -0.05) is 0 Å². The Balaban J connectivity index is 2.03. The van der Waals surface area contributed by atoms with Gasteiger partial charge in [0.05, 0.1) is 6.10 Å². The van der Waals surface area contributed by atoms with E-state index in [4.69, 9.17) is 4.74 Å². The summed E-state index contributed by atoms with van der Waals surface area (Å²) in [5.74, 6) is -1.59. The molecule has 1 aliphatic rings. The van der Waals surface area contributed by atoms with Gasteiger partial charge in [0.2, 0.25) is 0 Å². The van der Waals surface area contributed by atoms with E-state index in [9.17, 15) is 18.7 Å². The Hall–Kier alpha value is -1.69. The molecule has 122 valence electrons. The van der Waals surface area contributed by atoms with Gasteiger partial charge in [0.25, 0.3) is 0 Å². The van der Waals surface area contributed by atoms with Crippen LogP contribution in [0.15, 0.2) is 18.2 Å². The molecule has 0 spiro atoms. The van der Waals surface area contributed by atoms with Crippen molar-refractivity contribution in [3.63, 3.8) is 0 Å². The molecule has 0 bridgehead atoms. The predicted molar refractivity (Wildman–Crippen MR) is 77.2 cm³/mol. The lowest BCUT2D eigenvalue weighted by Crippen LogP contribution is -2.35. The topological polar surface area (TPSA) is 49.8 Å². The molecule has 1 heterocycles. The van der Waals surface area contributed by atoms with Crippen LogP contribution in [0.4, 0.5) is 13.6 Å². The third kappa shape index (κ3) is 3.94. The summed E-state index contributed by atoms with van der Waals surface area (Å²) in [7, 11) is 0. The molecule has 22 heavy (non-hydrogen) atoms. The Morgan fingerprint density at radius 1 is 1.41 bits per heavy atom. The van der Waals surface area contributed by atoms with Crippen LogP contribution in [-0.2, 0) is 4.74 Å². The number of carbonyl (C=O) groups is 1. The highest BCUT2D eigenvalue weighted by molar-refractivity contribution is 5.68. The smallest absolute Gasteiger partial charge is 0.410 e. The summed E-state index contributed by atoms with van der Waals surface area (Å²) in [6, 6.07) is 3.00. The second kappa shape index (κ2) is 6.20. The van der Waals surface area contributed by atoms with Gasteiger partial charge in [-0.15, -0.1) is 0 Å². The summed E-state index contributed by atoms with van der Waals surface area (Å²) < 4.78 is 32.2. The second-order valence-corrected chi connectivity index (χ2v) is 6.59. The molecule has 2 rings (SSSR count). The van der Waals surface area contributed by atoms with E-state index in [-0.39, 0.29) is 18.0 Å². The Morgan fingerprint density at radius 3 is 2.73 bits per heavy atom. The van der Waals surface area contributed by atoms with Gasteiger partial charge in [0, 0.05) is 24.6 Å². The molecular formula is C16H21F2NO3. The van der Waals surface area contributed by atoms with Crippen LogP contribution in [0.5, 0.6) is 0 Å². The number of nitrogens with zero attached hydrogens (tertiary/aromatic N) is 1. The minimum absolute atomic E-state index is 0.0731. The van der Waals surface area contributed by atoms with E-state index in [1.54, 1.807) is 20.8 Å². The van der Waals surface area contributed by atoms with Crippen LogP contribution >= 0.6 is 0 Å². The number of aliphatic hydroxyl groups is 1. The van der Waals surface area contributed by atoms with Crippen LogP contribution < -0.4 is 0 Å². The number of hydrogen-bond donors (Lipinski definition) is 1. The van der Waals surface area contributed by atoms with E-state index in [0.29, 0.717) is 13.0 Å². The van der Waals surface area contributed by atoms with Gasteiger partial charge < -0.3 is 14.7 Å². The Bertz CT molecular complexity index is 557. The number of hydrogen-bond acceptors (Lipinski definition) is 3. The van der Waals surface area contributed by atoms with Crippen molar-refractivity contribution >= 4 is 6.09 Å². The van der Waals surface area contributed by atoms with Crippen molar-refractivity contribution in [3.8, 4) is 0 Å². The SMILES string of the molecule is CC(C)(C)OC(=O)N1CCC(C(O)c2cc(F)ccc2F)C1. The molecule has 2 atom stereocenters. The first-order chi connectivity index (χ1) is 10.2. The van der Waals surface area contributed by atoms with Crippen molar-refractivity contribution in [2.45, 2.75) is 38.9 Å². The van der Waals surface area contributed by atoms with Gasteiger partial charge >= 0.3 is 6.09 Å². The number of amides is 1. The highest BCUT2D eigenvalue weighted by atomic mass is 19.1. The van der Waals surface area contributed by atoms with Crippen molar-refractivity contribution < 1.29 is 23.4 Å². The van der Waals surface area contributed by atoms with Gasteiger partial charge in [-0.05, 0) is 45.4 Å². The molecule has 1 aromatic carbocycles. The average Bonchev–Trinajstić information content (AvgIpc) is 2.88. The molecule has 0 saturated carbocycles. The van der Waals surface area contributed by atoms with Crippen molar-refractivity contribution in [1.29, 1.82) is 0 Å². The van der Waals surface area contributed by atoms with E-state index in [2.05, 4.69) is 0 Å². The molecule has 0 aliphatic carbocycles. The van der Waals surface area contributed by atoms with Gasteiger partial charge in [-0.25, -0.2) is 13.6 Å². The van der Waals surface area contributed by atoms with Gasteiger partial charge in [0.1, 0.15) is 17.2 Å². The van der Waals surface area contributed by atoms with E-state index in [1.807, 2.05) is 0 Å². The minimum atomic E-state index is -1.15. The number of carbonyl (C=O) groups excluding carboxylic acids is 1. The lowest BCUT2D eigenvalue weighted by atomic mass is 9.94. The Kier molecular flexibility index (Phi) is 4.70. The lowest BCUT2D eigenvalue weighted by molar-refractivity contribution is 0.0267. The van der Waals surface area contributed by atoms with Crippen LogP contribution in [0, 0.1) is 17.6 Å². The monoisotopic (exact) mass is 313 g/mol. The highest BCUT2D eigenvalue weighted by Crippen LogP contribution is 2.32. The summed E-state index contributed by atoms with van der Waals surface area (Å²) >= 11 is 0. The molecule has 1 fully saturated rings. The fourth-order valence-corrected chi connectivity index (χ4v) is 2.53. The number of benzene rings is 1. The zero-order chi connectivity index (χ0) is 16.5. The van der Waals surface area contributed by atoms with Crippen molar-refractivity contribution in [1.82, 2.24) is 4.90 Å². The van der Waals surface area contributed by atoms with E-state index >= 15 is 0 Å². The molecule has 4 nitrogen and oxygen atoms in total. The molecule has 2 unspecified atom stereocenters. The first-order valence-electron chi connectivity index (χ1n) is 7.28. The minimum Gasteiger partial charge on any atom is -0.444 e. The molecule has 1 amide bonds. The zero-order valence-electron chi connectivity index (χ0n) is 13.0. The number of rotatable bonds is 2. The zero-order valence-corrected chi connectivity index (χ0v) is 13.0. The maximum absolute atomic E-state index is 13.7. The standard InChI is InChI=1S/C16H21F2NO3/c1-16(2,3)22-15(21)19-7-6-10(9-19)14(20)12-8-11(17)4-5-13(12)18/h4-5,8,10,14,20H,6-7,9H2,1-3H3. The summed E-state index contributed by atoms with van der Waals surface area (Å²) in [6.45, 7) is 6.00.